The van der Waals surface area contributed by atoms with Gasteiger partial charge in [-0.1, -0.05) is 24.6 Å². The number of nitrogens with zero attached hydrogens (tertiary/aromatic N) is 1. The number of rotatable bonds is 7. The van der Waals surface area contributed by atoms with Crippen molar-refractivity contribution in [1.82, 2.24) is 10.2 Å². The van der Waals surface area contributed by atoms with Gasteiger partial charge < -0.3 is 10.4 Å². The van der Waals surface area contributed by atoms with Gasteiger partial charge in [0.1, 0.15) is 0 Å². The van der Waals surface area contributed by atoms with Crippen LogP contribution in [-0.4, -0.2) is 53.9 Å². The molecule has 0 radical (unpaired) electrons. The summed E-state index contributed by atoms with van der Waals surface area (Å²) < 4.78 is 0. The van der Waals surface area contributed by atoms with Crippen LogP contribution in [-0.2, 0) is 4.79 Å². The second kappa shape index (κ2) is 9.07. The minimum atomic E-state index is 0.0593. The zero-order valence-electron chi connectivity index (χ0n) is 12.3. The standard InChI is InChI=1S/C16H24N2O2S/c19-13-14-6-4-5-10-18(14)12-16(20)17-9-11-21-15-7-2-1-3-8-15/h1-3,7-8,14,19H,4-6,9-13H2,(H,17,20). The van der Waals surface area contributed by atoms with Gasteiger partial charge in [-0.3, -0.25) is 9.69 Å². The summed E-state index contributed by atoms with van der Waals surface area (Å²) in [5.41, 5.74) is 0. The van der Waals surface area contributed by atoms with Crippen molar-refractivity contribution in [3.63, 3.8) is 0 Å². The lowest BCUT2D eigenvalue weighted by Crippen LogP contribution is -2.47. The molecule has 2 N–H and O–H groups in total. The maximum atomic E-state index is 11.9. The van der Waals surface area contributed by atoms with Crippen molar-refractivity contribution in [2.45, 2.75) is 30.2 Å². The van der Waals surface area contributed by atoms with Crippen molar-refractivity contribution in [1.29, 1.82) is 0 Å². The molecular formula is C16H24N2O2S. The van der Waals surface area contributed by atoms with Crippen molar-refractivity contribution < 1.29 is 9.90 Å². The summed E-state index contributed by atoms with van der Waals surface area (Å²) in [5.74, 6) is 0.933. The Morgan fingerprint density at radius 2 is 2.14 bits per heavy atom. The molecular weight excluding hydrogens is 284 g/mol. The number of hydrogen-bond donors (Lipinski definition) is 2. The van der Waals surface area contributed by atoms with Crippen LogP contribution in [0.1, 0.15) is 19.3 Å². The molecule has 1 aliphatic rings. The first-order valence-corrected chi connectivity index (χ1v) is 8.57. The van der Waals surface area contributed by atoms with E-state index in [0.29, 0.717) is 13.1 Å². The van der Waals surface area contributed by atoms with Crippen LogP contribution in [0.3, 0.4) is 0 Å². The SMILES string of the molecule is O=C(CN1CCCCC1CO)NCCSc1ccccc1. The van der Waals surface area contributed by atoms with Crippen LogP contribution in [0.5, 0.6) is 0 Å². The molecule has 116 valence electrons. The highest BCUT2D eigenvalue weighted by Gasteiger charge is 2.23. The molecule has 0 saturated carbocycles. The molecule has 21 heavy (non-hydrogen) atoms. The fourth-order valence-electron chi connectivity index (χ4n) is 2.59. The van der Waals surface area contributed by atoms with E-state index in [1.54, 1.807) is 11.8 Å². The third-order valence-electron chi connectivity index (χ3n) is 3.74. The topological polar surface area (TPSA) is 52.6 Å². The molecule has 1 unspecified atom stereocenters. The summed E-state index contributed by atoms with van der Waals surface area (Å²) in [6, 6.07) is 10.3. The van der Waals surface area contributed by atoms with Crippen molar-refractivity contribution in [2.24, 2.45) is 0 Å². The Hall–Kier alpha value is -1.04. The Morgan fingerprint density at radius 3 is 2.90 bits per heavy atom. The average Bonchev–Trinajstić information content (AvgIpc) is 2.53. The Kier molecular flexibility index (Phi) is 7.06. The third kappa shape index (κ3) is 5.69. The predicted molar refractivity (Wildman–Crippen MR) is 86.5 cm³/mol. The lowest BCUT2D eigenvalue weighted by Gasteiger charge is -2.33. The Morgan fingerprint density at radius 1 is 1.33 bits per heavy atom. The van der Waals surface area contributed by atoms with Gasteiger partial charge in [0.25, 0.3) is 0 Å². The first-order chi connectivity index (χ1) is 10.3. The minimum Gasteiger partial charge on any atom is -0.395 e. The zero-order valence-corrected chi connectivity index (χ0v) is 13.1. The van der Waals surface area contributed by atoms with E-state index in [1.165, 1.54) is 4.90 Å². The molecule has 1 aromatic rings. The highest BCUT2D eigenvalue weighted by molar-refractivity contribution is 7.99. The third-order valence-corrected chi connectivity index (χ3v) is 4.76. The Balaban J connectivity index is 1.63. The molecule has 2 rings (SSSR count). The maximum absolute atomic E-state index is 11.9. The van der Waals surface area contributed by atoms with Crippen molar-refractivity contribution >= 4 is 17.7 Å². The average molecular weight is 308 g/mol. The summed E-state index contributed by atoms with van der Waals surface area (Å²) in [4.78, 5) is 15.3. The molecule has 1 aromatic carbocycles. The molecule has 1 saturated heterocycles. The van der Waals surface area contributed by atoms with Gasteiger partial charge in [0.15, 0.2) is 0 Å². The van der Waals surface area contributed by atoms with E-state index in [2.05, 4.69) is 22.3 Å². The number of thioether (sulfide) groups is 1. The smallest absolute Gasteiger partial charge is 0.234 e. The van der Waals surface area contributed by atoms with E-state index in [0.717, 1.165) is 31.6 Å². The number of hydrogen-bond acceptors (Lipinski definition) is 4. The molecule has 1 fully saturated rings. The number of nitrogens with one attached hydrogen (secondary N) is 1. The van der Waals surface area contributed by atoms with Gasteiger partial charge >= 0.3 is 0 Å². The molecule has 0 bridgehead atoms. The van der Waals surface area contributed by atoms with Crippen LogP contribution in [0.4, 0.5) is 0 Å². The van der Waals surface area contributed by atoms with E-state index in [4.69, 9.17) is 0 Å². The van der Waals surface area contributed by atoms with Crippen LogP contribution in [0.2, 0.25) is 0 Å². The molecule has 5 heteroatoms. The molecule has 0 aromatic heterocycles. The second-order valence-corrected chi connectivity index (χ2v) is 6.48. The number of likely N-dealkylation sites (tertiary alicyclic amines) is 1. The fraction of sp³-hybridized carbons (Fsp3) is 0.562. The lowest BCUT2D eigenvalue weighted by atomic mass is 10.0. The minimum absolute atomic E-state index is 0.0593. The largest absolute Gasteiger partial charge is 0.395 e. The summed E-state index contributed by atoms with van der Waals surface area (Å²) in [7, 11) is 0. The second-order valence-electron chi connectivity index (χ2n) is 5.31. The van der Waals surface area contributed by atoms with Gasteiger partial charge in [-0.25, -0.2) is 0 Å². The summed E-state index contributed by atoms with van der Waals surface area (Å²) in [6.45, 7) is 2.14. The molecule has 1 amide bonds. The van der Waals surface area contributed by atoms with Crippen LogP contribution in [0, 0.1) is 0 Å². The number of carbonyl (C=O) groups excluding carboxylic acids is 1. The van der Waals surface area contributed by atoms with E-state index in [1.807, 2.05) is 18.2 Å². The number of amides is 1. The number of aliphatic hydroxyl groups is 1. The zero-order chi connectivity index (χ0) is 14.9. The van der Waals surface area contributed by atoms with Crippen molar-refractivity contribution in [3.8, 4) is 0 Å². The van der Waals surface area contributed by atoms with Crippen LogP contribution < -0.4 is 5.32 Å². The van der Waals surface area contributed by atoms with Crippen molar-refractivity contribution in [2.75, 3.05) is 32.0 Å². The van der Waals surface area contributed by atoms with Gasteiger partial charge in [0.2, 0.25) is 5.91 Å². The number of carbonyl (C=O) groups is 1. The summed E-state index contributed by atoms with van der Waals surface area (Å²) >= 11 is 1.75. The fourth-order valence-corrected chi connectivity index (χ4v) is 3.38. The van der Waals surface area contributed by atoms with Gasteiger partial charge in [0.05, 0.1) is 13.2 Å². The number of benzene rings is 1. The normalized spacial score (nSPS) is 19.4. The number of piperidine rings is 1. The monoisotopic (exact) mass is 308 g/mol. The van der Waals surface area contributed by atoms with E-state index in [-0.39, 0.29) is 18.6 Å². The predicted octanol–water partition coefficient (Wildman–Crippen LogP) is 1.74. The summed E-state index contributed by atoms with van der Waals surface area (Å²) in [5, 5.41) is 12.3. The lowest BCUT2D eigenvalue weighted by molar-refractivity contribution is -0.123. The molecule has 1 aliphatic heterocycles. The van der Waals surface area contributed by atoms with Crippen LogP contribution >= 0.6 is 11.8 Å². The van der Waals surface area contributed by atoms with Gasteiger partial charge in [-0.05, 0) is 31.5 Å². The first kappa shape index (κ1) is 16.3. The highest BCUT2D eigenvalue weighted by atomic mass is 32.2. The molecule has 4 nitrogen and oxygen atoms in total. The Labute approximate surface area is 130 Å². The van der Waals surface area contributed by atoms with E-state index in [9.17, 15) is 9.90 Å². The molecule has 1 atom stereocenters. The Bertz CT molecular complexity index is 428. The maximum Gasteiger partial charge on any atom is 0.234 e. The first-order valence-electron chi connectivity index (χ1n) is 7.59. The van der Waals surface area contributed by atoms with Crippen LogP contribution in [0.25, 0.3) is 0 Å². The molecule has 0 spiro atoms. The molecule has 0 aliphatic carbocycles. The van der Waals surface area contributed by atoms with Gasteiger partial charge in [-0.2, -0.15) is 0 Å². The van der Waals surface area contributed by atoms with E-state index >= 15 is 0 Å². The highest BCUT2D eigenvalue weighted by Crippen LogP contribution is 2.17. The summed E-state index contributed by atoms with van der Waals surface area (Å²) in [6.07, 6.45) is 3.26. The van der Waals surface area contributed by atoms with Gasteiger partial charge in [-0.15, -0.1) is 11.8 Å². The van der Waals surface area contributed by atoms with Crippen LogP contribution in [0.15, 0.2) is 35.2 Å². The van der Waals surface area contributed by atoms with Gasteiger partial charge in [0, 0.05) is 23.2 Å². The molecule has 1 heterocycles. The number of aliphatic hydroxyl groups excluding tert-OH is 1. The van der Waals surface area contributed by atoms with Crippen molar-refractivity contribution in [3.05, 3.63) is 30.3 Å². The quantitative estimate of drug-likeness (QED) is 0.595. The van der Waals surface area contributed by atoms with E-state index < -0.39 is 0 Å².